The second-order valence-electron chi connectivity index (χ2n) is 7.29. The fourth-order valence-corrected chi connectivity index (χ4v) is 3.83. The molecule has 2 rings (SSSR count). The van der Waals surface area contributed by atoms with Crippen molar-refractivity contribution in [3.63, 3.8) is 0 Å². The monoisotopic (exact) mass is 459 g/mol. The normalized spacial score (nSPS) is 17.0. The van der Waals surface area contributed by atoms with Crippen molar-refractivity contribution in [2.75, 3.05) is 13.1 Å². The van der Waals surface area contributed by atoms with Gasteiger partial charge in [0.1, 0.15) is 0 Å². The van der Waals surface area contributed by atoms with Crippen LogP contribution in [0.5, 0.6) is 0 Å². The molecule has 1 aromatic rings. The summed E-state index contributed by atoms with van der Waals surface area (Å²) < 4.78 is 23.6. The number of hydrogen-bond donors (Lipinski definition) is 2. The SMILES string of the molecule is CC(C)C(C)NC(=O)C1CCN(C(=O)c2cc(S(N)(=O)=O)ccc2Br)CC1. The number of carbonyl (C=O) groups is 2. The van der Waals surface area contributed by atoms with Crippen LogP contribution < -0.4 is 10.5 Å². The van der Waals surface area contributed by atoms with Crippen LogP contribution in [0.25, 0.3) is 0 Å². The molecule has 1 aliphatic rings. The highest BCUT2D eigenvalue weighted by atomic mass is 79.9. The highest BCUT2D eigenvalue weighted by Gasteiger charge is 2.29. The molecule has 2 amide bonds. The number of nitrogens with two attached hydrogens (primary N) is 1. The number of nitrogens with zero attached hydrogens (tertiary/aromatic N) is 1. The Kier molecular flexibility index (Phi) is 7.04. The summed E-state index contributed by atoms with van der Waals surface area (Å²) in [5.74, 6) is -0.00371. The second-order valence-corrected chi connectivity index (χ2v) is 9.71. The minimum absolute atomic E-state index is 0.0284. The predicted octanol–water partition coefficient (Wildman–Crippen LogP) is 2.11. The molecule has 1 saturated heterocycles. The number of carbonyl (C=O) groups excluding carboxylic acids is 2. The Morgan fingerprint density at radius 1 is 1.22 bits per heavy atom. The Hall–Kier alpha value is -1.45. The van der Waals surface area contributed by atoms with Gasteiger partial charge in [-0.1, -0.05) is 13.8 Å². The molecule has 0 bridgehead atoms. The number of amides is 2. The van der Waals surface area contributed by atoms with Crippen molar-refractivity contribution in [3.05, 3.63) is 28.2 Å². The first kappa shape index (κ1) is 21.8. The summed E-state index contributed by atoms with van der Waals surface area (Å²) in [6.45, 7) is 6.98. The summed E-state index contributed by atoms with van der Waals surface area (Å²) >= 11 is 3.29. The molecule has 0 aliphatic carbocycles. The number of hydrogen-bond acceptors (Lipinski definition) is 4. The summed E-state index contributed by atoms with van der Waals surface area (Å²) in [7, 11) is -3.89. The summed E-state index contributed by atoms with van der Waals surface area (Å²) in [5, 5.41) is 8.18. The number of rotatable bonds is 5. The molecule has 0 radical (unpaired) electrons. The van der Waals surface area contributed by atoms with Gasteiger partial charge in [0.15, 0.2) is 0 Å². The minimum Gasteiger partial charge on any atom is -0.353 e. The molecule has 1 aliphatic heterocycles. The van der Waals surface area contributed by atoms with E-state index in [-0.39, 0.29) is 34.2 Å². The van der Waals surface area contributed by atoms with E-state index in [9.17, 15) is 18.0 Å². The second kappa shape index (κ2) is 8.70. The number of piperidine rings is 1. The van der Waals surface area contributed by atoms with Gasteiger partial charge in [-0.25, -0.2) is 13.6 Å². The Morgan fingerprint density at radius 2 is 1.81 bits per heavy atom. The van der Waals surface area contributed by atoms with Crippen molar-refractivity contribution >= 4 is 37.8 Å². The highest BCUT2D eigenvalue weighted by Crippen LogP contribution is 2.25. The molecule has 27 heavy (non-hydrogen) atoms. The van der Waals surface area contributed by atoms with E-state index in [4.69, 9.17) is 5.14 Å². The van der Waals surface area contributed by atoms with E-state index in [0.29, 0.717) is 36.3 Å². The molecule has 1 aromatic carbocycles. The molecule has 0 saturated carbocycles. The number of benzene rings is 1. The number of sulfonamides is 1. The molecule has 150 valence electrons. The number of primary sulfonamides is 1. The van der Waals surface area contributed by atoms with Gasteiger partial charge < -0.3 is 10.2 Å². The van der Waals surface area contributed by atoms with Gasteiger partial charge in [0.05, 0.1) is 10.5 Å². The van der Waals surface area contributed by atoms with E-state index in [2.05, 4.69) is 35.1 Å². The maximum Gasteiger partial charge on any atom is 0.255 e. The van der Waals surface area contributed by atoms with Crippen LogP contribution in [0, 0.1) is 11.8 Å². The van der Waals surface area contributed by atoms with Crippen molar-refractivity contribution in [1.82, 2.24) is 10.2 Å². The van der Waals surface area contributed by atoms with E-state index in [0.717, 1.165) is 0 Å². The maximum atomic E-state index is 12.8. The molecule has 1 atom stereocenters. The molecule has 1 fully saturated rings. The zero-order valence-corrected chi connectivity index (χ0v) is 18.1. The van der Waals surface area contributed by atoms with E-state index < -0.39 is 10.0 Å². The Bertz CT molecular complexity index is 818. The quantitative estimate of drug-likeness (QED) is 0.702. The Labute approximate surface area is 168 Å². The van der Waals surface area contributed by atoms with E-state index in [1.54, 1.807) is 4.90 Å². The molecule has 0 aromatic heterocycles. The molecule has 7 nitrogen and oxygen atoms in total. The van der Waals surface area contributed by atoms with Crippen LogP contribution in [-0.4, -0.2) is 44.3 Å². The Balaban J connectivity index is 2.04. The van der Waals surface area contributed by atoms with Gasteiger partial charge in [-0.15, -0.1) is 0 Å². The maximum absolute atomic E-state index is 12.8. The van der Waals surface area contributed by atoms with E-state index >= 15 is 0 Å². The first-order chi connectivity index (χ1) is 12.5. The molecule has 1 unspecified atom stereocenters. The lowest BCUT2D eigenvalue weighted by Gasteiger charge is -2.32. The number of halogens is 1. The Morgan fingerprint density at radius 3 is 2.33 bits per heavy atom. The lowest BCUT2D eigenvalue weighted by atomic mass is 9.94. The van der Waals surface area contributed by atoms with Crippen molar-refractivity contribution in [1.29, 1.82) is 0 Å². The fraction of sp³-hybridized carbons (Fsp3) is 0.556. The molecule has 1 heterocycles. The largest absolute Gasteiger partial charge is 0.353 e. The average Bonchev–Trinajstić information content (AvgIpc) is 2.60. The lowest BCUT2D eigenvalue weighted by molar-refractivity contribution is -0.127. The summed E-state index contributed by atoms with van der Waals surface area (Å²) in [5.41, 5.74) is 0.248. The standard InChI is InChI=1S/C18H26BrN3O4S/c1-11(2)12(3)21-17(23)13-6-8-22(9-7-13)18(24)15-10-14(27(20,25)26)4-5-16(15)19/h4-5,10-13H,6-9H2,1-3H3,(H,21,23)(H2,20,25,26). The van der Waals surface area contributed by atoms with Gasteiger partial charge >= 0.3 is 0 Å². The summed E-state index contributed by atoms with van der Waals surface area (Å²) in [6, 6.07) is 4.24. The van der Waals surface area contributed by atoms with Crippen molar-refractivity contribution in [2.24, 2.45) is 17.0 Å². The molecular formula is C18H26BrN3O4S. The zero-order chi connectivity index (χ0) is 20.4. The fourth-order valence-electron chi connectivity index (χ4n) is 2.87. The first-order valence-corrected chi connectivity index (χ1v) is 11.3. The van der Waals surface area contributed by atoms with Gasteiger partial charge in [0.25, 0.3) is 5.91 Å². The molecule has 3 N–H and O–H groups in total. The van der Waals surface area contributed by atoms with Crippen LogP contribution in [0.2, 0.25) is 0 Å². The lowest BCUT2D eigenvalue weighted by Crippen LogP contribution is -2.45. The third-order valence-electron chi connectivity index (χ3n) is 5.02. The zero-order valence-electron chi connectivity index (χ0n) is 15.7. The smallest absolute Gasteiger partial charge is 0.255 e. The van der Waals surface area contributed by atoms with Gasteiger partial charge in [-0.05, 0) is 59.8 Å². The third-order valence-corrected chi connectivity index (χ3v) is 6.62. The summed E-state index contributed by atoms with van der Waals surface area (Å²) in [4.78, 5) is 26.7. The molecule has 9 heteroatoms. The first-order valence-electron chi connectivity index (χ1n) is 8.92. The number of likely N-dealkylation sites (tertiary alicyclic amines) is 1. The van der Waals surface area contributed by atoms with E-state index in [1.165, 1.54) is 18.2 Å². The summed E-state index contributed by atoms with van der Waals surface area (Å²) in [6.07, 6.45) is 1.16. The topological polar surface area (TPSA) is 110 Å². The predicted molar refractivity (Wildman–Crippen MR) is 107 cm³/mol. The highest BCUT2D eigenvalue weighted by molar-refractivity contribution is 9.10. The molecule has 0 spiro atoms. The van der Waals surface area contributed by atoms with Crippen molar-refractivity contribution in [3.8, 4) is 0 Å². The van der Waals surface area contributed by atoms with Crippen LogP contribution in [0.15, 0.2) is 27.6 Å². The van der Waals surface area contributed by atoms with Gasteiger partial charge in [-0.2, -0.15) is 0 Å². The van der Waals surface area contributed by atoms with Crippen LogP contribution in [0.1, 0.15) is 44.0 Å². The van der Waals surface area contributed by atoms with Gasteiger partial charge in [0, 0.05) is 29.5 Å². The van der Waals surface area contributed by atoms with Crippen molar-refractivity contribution < 1.29 is 18.0 Å². The van der Waals surface area contributed by atoms with Crippen LogP contribution >= 0.6 is 15.9 Å². The molecular weight excluding hydrogens is 434 g/mol. The van der Waals surface area contributed by atoms with Crippen LogP contribution in [-0.2, 0) is 14.8 Å². The average molecular weight is 460 g/mol. The van der Waals surface area contributed by atoms with Crippen LogP contribution in [0.4, 0.5) is 0 Å². The van der Waals surface area contributed by atoms with Crippen LogP contribution in [0.3, 0.4) is 0 Å². The van der Waals surface area contributed by atoms with E-state index in [1.807, 2.05) is 6.92 Å². The third kappa shape index (κ3) is 5.52. The van der Waals surface area contributed by atoms with Gasteiger partial charge in [0.2, 0.25) is 15.9 Å². The van der Waals surface area contributed by atoms with Crippen molar-refractivity contribution in [2.45, 2.75) is 44.6 Å². The van der Waals surface area contributed by atoms with Gasteiger partial charge in [-0.3, -0.25) is 9.59 Å². The number of nitrogens with one attached hydrogen (secondary N) is 1. The minimum atomic E-state index is -3.89.